The third-order valence-electron chi connectivity index (χ3n) is 1.55. The van der Waals surface area contributed by atoms with Gasteiger partial charge in [-0.3, -0.25) is 0 Å². The fourth-order valence-corrected chi connectivity index (χ4v) is 0.971. The molecule has 0 aromatic carbocycles. The highest BCUT2D eigenvalue weighted by atomic mass is 16.7. The van der Waals surface area contributed by atoms with Crippen molar-refractivity contribution < 1.29 is 19.4 Å². The third-order valence-corrected chi connectivity index (χ3v) is 1.55. The second-order valence-electron chi connectivity index (χ2n) is 2.99. The Morgan fingerprint density at radius 2 is 2.36 bits per heavy atom. The monoisotopic (exact) mass is 160 g/mol. The molecule has 4 heteroatoms. The molecule has 1 rings (SSSR count). The largest absolute Gasteiger partial charge is 0.383 e. The fourth-order valence-electron chi connectivity index (χ4n) is 0.971. The number of hydrogen-bond acceptors (Lipinski definition) is 4. The summed E-state index contributed by atoms with van der Waals surface area (Å²) >= 11 is 0. The molecule has 0 aromatic heterocycles. The summed E-state index contributed by atoms with van der Waals surface area (Å²) in [5.41, 5.74) is 0. The minimum absolute atomic E-state index is 0.271. The van der Waals surface area contributed by atoms with Gasteiger partial charge in [0.2, 0.25) is 0 Å². The molecule has 4 nitrogen and oxygen atoms in total. The lowest BCUT2D eigenvalue weighted by atomic mass is 10.2. The Bertz CT molecular complexity index is 155. The third kappa shape index (κ3) is 1.99. The first-order valence-corrected chi connectivity index (χ1v) is 3.50. The van der Waals surface area contributed by atoms with Crippen molar-refractivity contribution in [2.45, 2.75) is 31.8 Å². The summed E-state index contributed by atoms with van der Waals surface area (Å²) in [6, 6.07) is 0. The van der Waals surface area contributed by atoms with Crippen LogP contribution in [0, 0.1) is 0 Å². The van der Waals surface area contributed by atoms with E-state index in [2.05, 4.69) is 0 Å². The van der Waals surface area contributed by atoms with Crippen molar-refractivity contribution in [3.8, 4) is 0 Å². The first kappa shape index (κ1) is 8.64. The van der Waals surface area contributed by atoms with E-state index in [1.165, 1.54) is 0 Å². The Hall–Kier alpha value is -0.450. The maximum Gasteiger partial charge on any atom is 0.163 e. The van der Waals surface area contributed by atoms with Gasteiger partial charge in [0.15, 0.2) is 12.1 Å². The normalized spacial score (nSPS) is 31.7. The van der Waals surface area contributed by atoms with Gasteiger partial charge >= 0.3 is 0 Å². The van der Waals surface area contributed by atoms with Crippen molar-refractivity contribution in [2.24, 2.45) is 0 Å². The molecule has 1 saturated heterocycles. The van der Waals surface area contributed by atoms with Crippen LogP contribution < -0.4 is 0 Å². The van der Waals surface area contributed by atoms with Crippen molar-refractivity contribution >= 4 is 6.29 Å². The second kappa shape index (κ2) is 2.89. The minimum Gasteiger partial charge on any atom is -0.383 e. The van der Waals surface area contributed by atoms with Gasteiger partial charge in [0.25, 0.3) is 0 Å². The molecule has 11 heavy (non-hydrogen) atoms. The van der Waals surface area contributed by atoms with Crippen LogP contribution in [0.3, 0.4) is 0 Å². The van der Waals surface area contributed by atoms with E-state index in [9.17, 15) is 4.79 Å². The van der Waals surface area contributed by atoms with Gasteiger partial charge in [-0.2, -0.15) is 0 Å². The molecule has 0 aliphatic carbocycles. The SMILES string of the molecule is CC1(C)OC[C@@H]([C@@H](O)C=O)O1. The number of carbonyl (C=O) groups is 1. The van der Waals surface area contributed by atoms with E-state index < -0.39 is 18.0 Å². The highest BCUT2D eigenvalue weighted by Gasteiger charge is 2.36. The Balaban J connectivity index is 2.47. The van der Waals surface area contributed by atoms with Gasteiger partial charge in [0, 0.05) is 0 Å². The first-order chi connectivity index (χ1) is 5.05. The summed E-state index contributed by atoms with van der Waals surface area (Å²) in [7, 11) is 0. The van der Waals surface area contributed by atoms with Crippen LogP contribution >= 0.6 is 0 Å². The maximum atomic E-state index is 10.1. The molecule has 0 radical (unpaired) electrons. The molecule has 1 aliphatic heterocycles. The van der Waals surface area contributed by atoms with Crippen LogP contribution in [-0.2, 0) is 14.3 Å². The molecule has 1 N–H and O–H groups in total. The van der Waals surface area contributed by atoms with Crippen LogP contribution in [0.5, 0.6) is 0 Å². The molecule has 2 atom stereocenters. The van der Waals surface area contributed by atoms with Gasteiger partial charge < -0.3 is 19.4 Å². The number of aliphatic hydroxyl groups is 1. The summed E-state index contributed by atoms with van der Waals surface area (Å²) in [4.78, 5) is 10.1. The number of aliphatic hydroxyl groups excluding tert-OH is 1. The zero-order valence-corrected chi connectivity index (χ0v) is 6.61. The molecule has 0 spiro atoms. The Labute approximate surface area is 65.1 Å². The molecule has 1 aliphatic rings. The van der Waals surface area contributed by atoms with Crippen LogP contribution in [0.25, 0.3) is 0 Å². The standard InChI is InChI=1S/C7H12O4/c1-7(2)10-4-6(11-7)5(9)3-8/h3,5-6,9H,4H2,1-2H3/t5-,6-/m0/s1. The van der Waals surface area contributed by atoms with Crippen molar-refractivity contribution in [2.75, 3.05) is 6.61 Å². The van der Waals surface area contributed by atoms with Crippen LogP contribution in [0.2, 0.25) is 0 Å². The number of aldehydes is 1. The summed E-state index contributed by atoms with van der Waals surface area (Å²) in [5.74, 6) is -0.672. The molecule has 64 valence electrons. The van der Waals surface area contributed by atoms with E-state index >= 15 is 0 Å². The van der Waals surface area contributed by atoms with E-state index in [1.54, 1.807) is 13.8 Å². The summed E-state index contributed by atoms with van der Waals surface area (Å²) < 4.78 is 10.3. The number of ether oxygens (including phenoxy) is 2. The first-order valence-electron chi connectivity index (χ1n) is 3.50. The molecule has 0 saturated carbocycles. The van der Waals surface area contributed by atoms with Crippen molar-refractivity contribution in [3.63, 3.8) is 0 Å². The van der Waals surface area contributed by atoms with E-state index in [1.807, 2.05) is 0 Å². The average Bonchev–Trinajstić information content (AvgIpc) is 2.29. The van der Waals surface area contributed by atoms with E-state index in [0.29, 0.717) is 6.29 Å². The van der Waals surface area contributed by atoms with Crippen molar-refractivity contribution in [3.05, 3.63) is 0 Å². The fraction of sp³-hybridized carbons (Fsp3) is 0.857. The zero-order chi connectivity index (χ0) is 8.48. The highest BCUT2D eigenvalue weighted by Crippen LogP contribution is 2.23. The molecule has 0 unspecified atom stereocenters. The highest BCUT2D eigenvalue weighted by molar-refractivity contribution is 5.56. The molecular weight excluding hydrogens is 148 g/mol. The minimum atomic E-state index is -1.07. The average molecular weight is 160 g/mol. The van der Waals surface area contributed by atoms with Gasteiger partial charge in [-0.05, 0) is 13.8 Å². The Morgan fingerprint density at radius 3 is 2.73 bits per heavy atom. The molecule has 0 amide bonds. The van der Waals surface area contributed by atoms with Crippen molar-refractivity contribution in [1.29, 1.82) is 0 Å². The maximum absolute atomic E-state index is 10.1. The van der Waals surface area contributed by atoms with Crippen LogP contribution in [0.15, 0.2) is 0 Å². The second-order valence-corrected chi connectivity index (χ2v) is 2.99. The molecule has 1 fully saturated rings. The summed E-state index contributed by atoms with van der Waals surface area (Å²) in [5, 5.41) is 9.02. The van der Waals surface area contributed by atoms with Gasteiger partial charge in [-0.15, -0.1) is 0 Å². The van der Waals surface area contributed by atoms with Gasteiger partial charge in [0.05, 0.1) is 6.61 Å². The lowest BCUT2D eigenvalue weighted by Crippen LogP contribution is -2.31. The molecule has 0 aromatic rings. The summed E-state index contributed by atoms with van der Waals surface area (Å²) in [6.45, 7) is 3.75. The number of hydrogen-bond donors (Lipinski definition) is 1. The predicted molar refractivity (Wildman–Crippen MR) is 37.0 cm³/mol. The topological polar surface area (TPSA) is 55.8 Å². The lowest BCUT2D eigenvalue weighted by molar-refractivity contribution is -0.153. The Morgan fingerprint density at radius 1 is 1.73 bits per heavy atom. The number of rotatable bonds is 2. The van der Waals surface area contributed by atoms with Gasteiger partial charge in [-0.1, -0.05) is 0 Å². The van der Waals surface area contributed by atoms with Gasteiger partial charge in [0.1, 0.15) is 12.2 Å². The lowest BCUT2D eigenvalue weighted by Gasteiger charge is -2.17. The smallest absolute Gasteiger partial charge is 0.163 e. The van der Waals surface area contributed by atoms with E-state index in [4.69, 9.17) is 14.6 Å². The van der Waals surface area contributed by atoms with Crippen LogP contribution in [-0.4, -0.2) is 36.0 Å². The van der Waals surface area contributed by atoms with Crippen LogP contribution in [0.4, 0.5) is 0 Å². The van der Waals surface area contributed by atoms with E-state index in [0.717, 1.165) is 0 Å². The number of carbonyl (C=O) groups excluding carboxylic acids is 1. The van der Waals surface area contributed by atoms with E-state index in [-0.39, 0.29) is 6.61 Å². The van der Waals surface area contributed by atoms with Crippen molar-refractivity contribution in [1.82, 2.24) is 0 Å². The quantitative estimate of drug-likeness (QED) is 0.563. The molecule has 0 bridgehead atoms. The zero-order valence-electron chi connectivity index (χ0n) is 6.61. The predicted octanol–water partition coefficient (Wildman–Crippen LogP) is -0.302. The van der Waals surface area contributed by atoms with Crippen LogP contribution in [0.1, 0.15) is 13.8 Å². The summed E-state index contributed by atoms with van der Waals surface area (Å²) in [6.07, 6.45) is -1.13. The molecular formula is C7H12O4. The van der Waals surface area contributed by atoms with Gasteiger partial charge in [-0.25, -0.2) is 0 Å². The Kier molecular flexibility index (Phi) is 2.27. The molecule has 1 heterocycles.